The lowest BCUT2D eigenvalue weighted by Gasteiger charge is -2.37. The van der Waals surface area contributed by atoms with Gasteiger partial charge in [0.15, 0.2) is 0 Å². The van der Waals surface area contributed by atoms with Crippen molar-refractivity contribution in [3.05, 3.63) is 47.7 Å². The van der Waals surface area contributed by atoms with Crippen LogP contribution in [0.4, 0.5) is 14.7 Å². The van der Waals surface area contributed by atoms with Crippen LogP contribution in [0, 0.1) is 11.6 Å². The number of halogens is 2. The Morgan fingerprint density at radius 2 is 2.04 bits per heavy atom. The van der Waals surface area contributed by atoms with Gasteiger partial charge in [-0.3, -0.25) is 4.90 Å². The third-order valence-electron chi connectivity index (χ3n) is 4.50. The first-order chi connectivity index (χ1) is 12.0. The van der Waals surface area contributed by atoms with E-state index in [-0.39, 0.29) is 6.04 Å². The number of methoxy groups -OCH3 is 1. The zero-order valence-corrected chi connectivity index (χ0v) is 14.5. The number of ether oxygens (including phenoxy) is 1. The van der Waals surface area contributed by atoms with Crippen molar-refractivity contribution in [3.8, 4) is 5.88 Å². The molecule has 0 spiro atoms. The molecule has 1 fully saturated rings. The van der Waals surface area contributed by atoms with E-state index in [1.807, 2.05) is 11.9 Å². The number of likely N-dealkylation sites (N-methyl/N-ethyl adjacent to an activating group) is 1. The van der Waals surface area contributed by atoms with Crippen LogP contribution < -0.4 is 9.64 Å². The van der Waals surface area contributed by atoms with E-state index in [0.29, 0.717) is 23.9 Å². The first-order valence-electron chi connectivity index (χ1n) is 8.32. The summed E-state index contributed by atoms with van der Waals surface area (Å²) >= 11 is 0. The van der Waals surface area contributed by atoms with Gasteiger partial charge in [-0.05, 0) is 37.1 Å². The number of likely N-dealkylation sites (tertiary alicyclic amines) is 1. The molecule has 1 aromatic heterocycles. The maximum absolute atomic E-state index is 13.4. The Hall–Kier alpha value is -2.28. The van der Waals surface area contributed by atoms with E-state index in [2.05, 4.69) is 14.9 Å². The molecule has 5 nitrogen and oxygen atoms in total. The highest BCUT2D eigenvalue weighted by atomic mass is 19.1. The van der Waals surface area contributed by atoms with Crippen molar-refractivity contribution in [2.45, 2.75) is 25.4 Å². The zero-order valence-electron chi connectivity index (χ0n) is 14.5. The number of benzene rings is 1. The van der Waals surface area contributed by atoms with Crippen LogP contribution in [0.2, 0.25) is 0 Å². The zero-order chi connectivity index (χ0) is 17.8. The summed E-state index contributed by atoms with van der Waals surface area (Å²) < 4.78 is 31.9. The molecule has 3 rings (SSSR count). The molecule has 0 aliphatic carbocycles. The Morgan fingerprint density at radius 1 is 1.28 bits per heavy atom. The molecule has 25 heavy (non-hydrogen) atoms. The van der Waals surface area contributed by atoms with Gasteiger partial charge in [0.1, 0.15) is 11.6 Å². The molecule has 0 amide bonds. The molecule has 1 saturated heterocycles. The van der Waals surface area contributed by atoms with Crippen molar-refractivity contribution in [1.82, 2.24) is 14.9 Å². The molecule has 134 valence electrons. The van der Waals surface area contributed by atoms with Gasteiger partial charge in [-0.25, -0.2) is 13.8 Å². The van der Waals surface area contributed by atoms with Crippen LogP contribution in [0.15, 0.2) is 30.5 Å². The number of aromatic nitrogens is 2. The molecule has 0 saturated carbocycles. The molecule has 2 heterocycles. The van der Waals surface area contributed by atoms with E-state index in [9.17, 15) is 8.78 Å². The van der Waals surface area contributed by atoms with E-state index in [4.69, 9.17) is 4.74 Å². The smallest absolute Gasteiger partial charge is 0.228 e. The Bertz CT molecular complexity index is 708. The Balaban J connectivity index is 1.67. The lowest BCUT2D eigenvalue weighted by atomic mass is 10.0. The number of hydrogen-bond donors (Lipinski definition) is 0. The molecule has 7 heteroatoms. The normalized spacial score (nSPS) is 18.2. The summed E-state index contributed by atoms with van der Waals surface area (Å²) in [6.07, 6.45) is 3.70. The molecule has 0 radical (unpaired) electrons. The van der Waals surface area contributed by atoms with Crippen molar-refractivity contribution in [3.63, 3.8) is 0 Å². The van der Waals surface area contributed by atoms with Crippen LogP contribution >= 0.6 is 0 Å². The topological polar surface area (TPSA) is 41.5 Å². The summed E-state index contributed by atoms with van der Waals surface area (Å²) in [7, 11) is 3.54. The fourth-order valence-electron chi connectivity index (χ4n) is 3.23. The van der Waals surface area contributed by atoms with Gasteiger partial charge in [-0.2, -0.15) is 4.98 Å². The van der Waals surface area contributed by atoms with Crippen LogP contribution in [0.25, 0.3) is 0 Å². The molecule has 1 aliphatic rings. The summed E-state index contributed by atoms with van der Waals surface area (Å²) in [6, 6.07) is 5.63. The summed E-state index contributed by atoms with van der Waals surface area (Å²) in [6.45, 7) is 2.22. The van der Waals surface area contributed by atoms with Gasteiger partial charge in [0, 0.05) is 44.5 Å². The largest absolute Gasteiger partial charge is 0.481 e. The maximum Gasteiger partial charge on any atom is 0.228 e. The van der Waals surface area contributed by atoms with Gasteiger partial charge in [0.05, 0.1) is 7.11 Å². The monoisotopic (exact) mass is 348 g/mol. The predicted molar refractivity (Wildman–Crippen MR) is 91.6 cm³/mol. The first-order valence-corrected chi connectivity index (χ1v) is 8.32. The van der Waals surface area contributed by atoms with E-state index in [0.717, 1.165) is 32.0 Å². The van der Waals surface area contributed by atoms with Crippen LogP contribution in [-0.4, -0.2) is 48.2 Å². The predicted octanol–water partition coefficient (Wildman–Crippen LogP) is 2.86. The van der Waals surface area contributed by atoms with Gasteiger partial charge in [0.2, 0.25) is 11.8 Å². The Labute approximate surface area is 146 Å². The molecule has 1 aromatic carbocycles. The number of rotatable bonds is 5. The minimum Gasteiger partial charge on any atom is -0.481 e. The minimum atomic E-state index is -0.537. The third kappa shape index (κ3) is 4.42. The second kappa shape index (κ2) is 7.74. The number of hydrogen-bond acceptors (Lipinski definition) is 5. The van der Waals surface area contributed by atoms with Crippen LogP contribution in [0.3, 0.4) is 0 Å². The van der Waals surface area contributed by atoms with Gasteiger partial charge < -0.3 is 9.64 Å². The van der Waals surface area contributed by atoms with E-state index >= 15 is 0 Å². The molecule has 1 aliphatic heterocycles. The highest BCUT2D eigenvalue weighted by molar-refractivity contribution is 5.32. The third-order valence-corrected chi connectivity index (χ3v) is 4.50. The average molecular weight is 348 g/mol. The second-order valence-corrected chi connectivity index (χ2v) is 6.32. The van der Waals surface area contributed by atoms with Crippen molar-refractivity contribution in [1.29, 1.82) is 0 Å². The van der Waals surface area contributed by atoms with Crippen LogP contribution in [-0.2, 0) is 6.54 Å². The molecule has 2 aromatic rings. The fourth-order valence-corrected chi connectivity index (χ4v) is 3.23. The highest BCUT2D eigenvalue weighted by Gasteiger charge is 2.25. The summed E-state index contributed by atoms with van der Waals surface area (Å²) in [5.41, 5.74) is 0.651. The summed E-state index contributed by atoms with van der Waals surface area (Å²) in [5, 5.41) is 0. The maximum atomic E-state index is 13.4. The molecule has 1 unspecified atom stereocenters. The SMILES string of the molecule is COc1ccnc(N(C)C2CCCN(Cc3cc(F)cc(F)c3)C2)n1. The Kier molecular flexibility index (Phi) is 5.43. The molecule has 0 N–H and O–H groups in total. The minimum absolute atomic E-state index is 0.235. The molecule has 1 atom stereocenters. The quantitative estimate of drug-likeness (QED) is 0.831. The lowest BCUT2D eigenvalue weighted by Crippen LogP contribution is -2.46. The second-order valence-electron chi connectivity index (χ2n) is 6.32. The van der Waals surface area contributed by atoms with E-state index in [1.54, 1.807) is 19.4 Å². The first kappa shape index (κ1) is 17.5. The van der Waals surface area contributed by atoms with Gasteiger partial charge in [-0.15, -0.1) is 0 Å². The van der Waals surface area contributed by atoms with E-state index < -0.39 is 11.6 Å². The fraction of sp³-hybridized carbons (Fsp3) is 0.444. The van der Waals surface area contributed by atoms with Crippen molar-refractivity contribution in [2.75, 3.05) is 32.1 Å². The van der Waals surface area contributed by atoms with Crippen LogP contribution in [0.1, 0.15) is 18.4 Å². The van der Waals surface area contributed by atoms with Gasteiger partial charge >= 0.3 is 0 Å². The number of nitrogens with zero attached hydrogens (tertiary/aromatic N) is 4. The standard InChI is InChI=1S/C18H22F2N4O/c1-23(18-21-6-5-17(22-18)25-2)16-4-3-7-24(12-16)11-13-8-14(19)10-15(20)9-13/h5-6,8-10,16H,3-4,7,11-12H2,1-2H3. The highest BCUT2D eigenvalue weighted by Crippen LogP contribution is 2.21. The summed E-state index contributed by atoms with van der Waals surface area (Å²) in [5.74, 6) is 0.0682. The van der Waals surface area contributed by atoms with Gasteiger partial charge in [-0.1, -0.05) is 0 Å². The van der Waals surface area contributed by atoms with Crippen LogP contribution in [0.5, 0.6) is 5.88 Å². The van der Waals surface area contributed by atoms with Gasteiger partial charge in [0.25, 0.3) is 0 Å². The van der Waals surface area contributed by atoms with Crippen molar-refractivity contribution < 1.29 is 13.5 Å². The van der Waals surface area contributed by atoms with Crippen molar-refractivity contribution in [2.24, 2.45) is 0 Å². The molecular formula is C18H22F2N4O. The van der Waals surface area contributed by atoms with E-state index in [1.165, 1.54) is 12.1 Å². The molecule has 0 bridgehead atoms. The Morgan fingerprint density at radius 3 is 2.76 bits per heavy atom. The summed E-state index contributed by atoms with van der Waals surface area (Å²) in [4.78, 5) is 12.9. The average Bonchev–Trinajstić information content (AvgIpc) is 2.60. The number of anilines is 1. The lowest BCUT2D eigenvalue weighted by molar-refractivity contribution is 0.197. The number of piperidine rings is 1. The van der Waals surface area contributed by atoms with Crippen molar-refractivity contribution >= 4 is 5.95 Å². The molecular weight excluding hydrogens is 326 g/mol.